The Morgan fingerprint density at radius 3 is 2.45 bits per heavy atom. The number of amides is 1. The van der Waals surface area contributed by atoms with E-state index >= 15 is 0 Å². The standard InChI is InChI=1S/C14H17ClFNO3/c1-8(2)14(3,13(19)20)7-12(18)17-11-5-9(15)4-10(16)6-11/h4-6,8H,7H2,1-3H3,(H,17,18)(H,19,20). The monoisotopic (exact) mass is 301 g/mol. The quantitative estimate of drug-likeness (QED) is 0.874. The summed E-state index contributed by atoms with van der Waals surface area (Å²) in [6, 6.07) is 3.64. The summed E-state index contributed by atoms with van der Waals surface area (Å²) in [5.74, 6) is -2.33. The van der Waals surface area contributed by atoms with Crippen LogP contribution < -0.4 is 5.32 Å². The van der Waals surface area contributed by atoms with Gasteiger partial charge in [-0.15, -0.1) is 0 Å². The lowest BCUT2D eigenvalue weighted by molar-refractivity contribution is -0.153. The van der Waals surface area contributed by atoms with Crippen LogP contribution in [0.1, 0.15) is 27.2 Å². The van der Waals surface area contributed by atoms with Gasteiger partial charge in [0.25, 0.3) is 0 Å². The van der Waals surface area contributed by atoms with Crippen LogP contribution in [0.3, 0.4) is 0 Å². The maximum atomic E-state index is 13.1. The Bertz CT molecular complexity index is 513. The molecule has 0 heterocycles. The van der Waals surface area contributed by atoms with Gasteiger partial charge in [0.1, 0.15) is 5.82 Å². The van der Waals surface area contributed by atoms with Crippen molar-refractivity contribution in [2.24, 2.45) is 11.3 Å². The molecule has 0 aliphatic heterocycles. The smallest absolute Gasteiger partial charge is 0.310 e. The summed E-state index contributed by atoms with van der Waals surface area (Å²) in [5.41, 5.74) is -0.974. The van der Waals surface area contributed by atoms with Crippen molar-refractivity contribution in [1.29, 1.82) is 0 Å². The maximum Gasteiger partial charge on any atom is 0.310 e. The summed E-state index contributed by atoms with van der Waals surface area (Å²) >= 11 is 5.68. The Kier molecular flexibility index (Phi) is 5.11. The molecule has 4 nitrogen and oxygen atoms in total. The number of carbonyl (C=O) groups excluding carboxylic acids is 1. The lowest BCUT2D eigenvalue weighted by Crippen LogP contribution is -2.37. The Morgan fingerprint density at radius 2 is 2.00 bits per heavy atom. The molecule has 1 aromatic carbocycles. The molecule has 0 aliphatic rings. The third kappa shape index (κ3) is 3.93. The van der Waals surface area contributed by atoms with E-state index in [1.165, 1.54) is 13.0 Å². The number of anilines is 1. The second-order valence-electron chi connectivity index (χ2n) is 5.26. The molecule has 2 N–H and O–H groups in total. The van der Waals surface area contributed by atoms with Crippen LogP contribution in [-0.2, 0) is 9.59 Å². The van der Waals surface area contributed by atoms with Crippen molar-refractivity contribution in [3.63, 3.8) is 0 Å². The average Bonchev–Trinajstić information content (AvgIpc) is 2.26. The number of carbonyl (C=O) groups is 2. The van der Waals surface area contributed by atoms with Crippen LogP contribution in [0, 0.1) is 17.2 Å². The number of carboxylic acids is 1. The molecule has 0 saturated carbocycles. The Hall–Kier alpha value is -1.62. The number of hydrogen-bond acceptors (Lipinski definition) is 2. The van der Waals surface area contributed by atoms with Crippen LogP contribution in [0.15, 0.2) is 18.2 Å². The van der Waals surface area contributed by atoms with Gasteiger partial charge in [-0.1, -0.05) is 25.4 Å². The Morgan fingerprint density at radius 1 is 1.40 bits per heavy atom. The molecule has 1 aromatic rings. The number of carboxylic acid groups (broad SMARTS) is 1. The zero-order valence-electron chi connectivity index (χ0n) is 11.5. The highest BCUT2D eigenvalue weighted by Crippen LogP contribution is 2.32. The van der Waals surface area contributed by atoms with Crippen molar-refractivity contribution < 1.29 is 19.1 Å². The van der Waals surface area contributed by atoms with E-state index in [1.54, 1.807) is 13.8 Å². The molecule has 0 radical (unpaired) electrons. The molecule has 6 heteroatoms. The maximum absolute atomic E-state index is 13.1. The van der Waals surface area contributed by atoms with Gasteiger partial charge in [0, 0.05) is 17.1 Å². The molecule has 110 valence electrons. The van der Waals surface area contributed by atoms with E-state index in [0.29, 0.717) is 0 Å². The van der Waals surface area contributed by atoms with E-state index in [2.05, 4.69) is 5.32 Å². The number of hydrogen-bond donors (Lipinski definition) is 2. The second kappa shape index (κ2) is 6.22. The molecule has 0 bridgehead atoms. The fourth-order valence-corrected chi connectivity index (χ4v) is 1.91. The van der Waals surface area contributed by atoms with Gasteiger partial charge in [0.15, 0.2) is 0 Å². The summed E-state index contributed by atoms with van der Waals surface area (Å²) in [6.07, 6.45) is -0.200. The summed E-state index contributed by atoms with van der Waals surface area (Å²) in [4.78, 5) is 23.2. The van der Waals surface area contributed by atoms with Gasteiger partial charge in [0.05, 0.1) is 5.41 Å². The van der Waals surface area contributed by atoms with Crippen molar-refractivity contribution in [2.45, 2.75) is 27.2 Å². The predicted octanol–water partition coefficient (Wildman–Crippen LogP) is 3.55. The van der Waals surface area contributed by atoms with Crippen molar-refractivity contribution in [3.05, 3.63) is 29.0 Å². The molecule has 0 fully saturated rings. The number of rotatable bonds is 5. The second-order valence-corrected chi connectivity index (χ2v) is 5.70. The normalized spacial score (nSPS) is 13.9. The van der Waals surface area contributed by atoms with Crippen LogP contribution in [-0.4, -0.2) is 17.0 Å². The molecule has 0 aromatic heterocycles. The van der Waals surface area contributed by atoms with Gasteiger partial charge < -0.3 is 10.4 Å². The minimum atomic E-state index is -1.18. The minimum absolute atomic E-state index is 0.158. The third-order valence-electron chi connectivity index (χ3n) is 3.44. The molecule has 0 aliphatic carbocycles. The van der Waals surface area contributed by atoms with Crippen LogP contribution in [0.2, 0.25) is 5.02 Å². The number of nitrogens with one attached hydrogen (secondary N) is 1. The summed E-state index contributed by atoms with van der Waals surface area (Å²) < 4.78 is 13.1. The molecular formula is C14H17ClFNO3. The zero-order chi connectivity index (χ0) is 15.5. The highest BCUT2D eigenvalue weighted by molar-refractivity contribution is 6.30. The molecule has 1 amide bonds. The van der Waals surface area contributed by atoms with Gasteiger partial charge in [-0.2, -0.15) is 0 Å². The summed E-state index contributed by atoms with van der Waals surface area (Å²) in [5, 5.41) is 11.9. The van der Waals surface area contributed by atoms with Gasteiger partial charge in [-0.3, -0.25) is 9.59 Å². The van der Waals surface area contributed by atoms with Crippen LogP contribution in [0.4, 0.5) is 10.1 Å². The van der Waals surface area contributed by atoms with E-state index in [4.69, 9.17) is 11.6 Å². The lowest BCUT2D eigenvalue weighted by atomic mass is 9.76. The summed E-state index contributed by atoms with van der Waals surface area (Å²) in [6.45, 7) is 4.99. The minimum Gasteiger partial charge on any atom is -0.481 e. The number of benzene rings is 1. The zero-order valence-corrected chi connectivity index (χ0v) is 12.3. The topological polar surface area (TPSA) is 66.4 Å². The van der Waals surface area contributed by atoms with E-state index in [1.807, 2.05) is 0 Å². The highest BCUT2D eigenvalue weighted by atomic mass is 35.5. The van der Waals surface area contributed by atoms with Crippen molar-refractivity contribution in [3.8, 4) is 0 Å². The van der Waals surface area contributed by atoms with E-state index in [9.17, 15) is 19.1 Å². The Balaban J connectivity index is 2.84. The van der Waals surface area contributed by atoms with Crippen molar-refractivity contribution in [2.75, 3.05) is 5.32 Å². The van der Waals surface area contributed by atoms with E-state index in [-0.39, 0.29) is 23.0 Å². The van der Waals surface area contributed by atoms with Crippen LogP contribution in [0.5, 0.6) is 0 Å². The molecule has 0 spiro atoms. The van der Waals surface area contributed by atoms with Crippen molar-refractivity contribution >= 4 is 29.2 Å². The van der Waals surface area contributed by atoms with Crippen LogP contribution >= 0.6 is 11.6 Å². The largest absolute Gasteiger partial charge is 0.481 e. The first-order chi connectivity index (χ1) is 9.15. The lowest BCUT2D eigenvalue weighted by Gasteiger charge is -2.28. The first kappa shape index (κ1) is 16.4. The first-order valence-electron chi connectivity index (χ1n) is 6.14. The Labute approximate surface area is 121 Å². The van der Waals surface area contributed by atoms with Gasteiger partial charge in [0.2, 0.25) is 5.91 Å². The van der Waals surface area contributed by atoms with Crippen molar-refractivity contribution in [1.82, 2.24) is 0 Å². The predicted molar refractivity (Wildman–Crippen MR) is 75.2 cm³/mol. The third-order valence-corrected chi connectivity index (χ3v) is 3.66. The fourth-order valence-electron chi connectivity index (χ4n) is 1.69. The van der Waals surface area contributed by atoms with Gasteiger partial charge in [-0.05, 0) is 31.0 Å². The first-order valence-corrected chi connectivity index (χ1v) is 6.52. The molecule has 1 unspecified atom stereocenters. The average molecular weight is 302 g/mol. The molecule has 0 saturated heterocycles. The number of aliphatic carboxylic acids is 1. The van der Waals surface area contributed by atoms with E-state index < -0.39 is 23.1 Å². The summed E-state index contributed by atoms with van der Waals surface area (Å²) in [7, 11) is 0. The SMILES string of the molecule is CC(C)C(C)(CC(=O)Nc1cc(F)cc(Cl)c1)C(=O)O. The van der Waals surface area contributed by atoms with Gasteiger partial charge >= 0.3 is 5.97 Å². The molecule has 1 atom stereocenters. The van der Waals surface area contributed by atoms with E-state index in [0.717, 1.165) is 12.1 Å². The molecular weight excluding hydrogens is 285 g/mol. The molecule has 1 rings (SSSR count). The highest BCUT2D eigenvalue weighted by Gasteiger charge is 2.38. The number of halogens is 2. The fraction of sp³-hybridized carbons (Fsp3) is 0.429. The van der Waals surface area contributed by atoms with Gasteiger partial charge in [-0.25, -0.2) is 4.39 Å². The molecule has 20 heavy (non-hydrogen) atoms. The van der Waals surface area contributed by atoms with Crippen LogP contribution in [0.25, 0.3) is 0 Å².